The molecule has 0 heterocycles. The molecule has 4 nitrogen and oxygen atoms in total. The molecule has 0 aliphatic rings. The first-order valence-electron chi connectivity index (χ1n) is 9.52. The molecule has 0 atom stereocenters. The van der Waals surface area contributed by atoms with Crippen molar-refractivity contribution in [2.24, 2.45) is 0 Å². The minimum absolute atomic E-state index is 0.0958. The van der Waals surface area contributed by atoms with Crippen LogP contribution >= 0.6 is 0 Å². The van der Waals surface area contributed by atoms with Gasteiger partial charge in [-0.25, -0.2) is 0 Å². The van der Waals surface area contributed by atoms with Crippen molar-refractivity contribution < 1.29 is 22.7 Å². The van der Waals surface area contributed by atoms with Crippen LogP contribution in [0.2, 0.25) is 0 Å². The maximum atomic E-state index is 13.2. The SMILES string of the molecule is CCOc1cccc(CCCN(C)C)c1C(=O)Nc1ccc(C)c(C(F)(F)F)c1. The fourth-order valence-electron chi connectivity index (χ4n) is 3.10. The van der Waals surface area contributed by atoms with Crippen molar-refractivity contribution >= 4 is 11.6 Å². The fraction of sp³-hybridized carbons (Fsp3) is 0.409. The maximum absolute atomic E-state index is 13.2. The summed E-state index contributed by atoms with van der Waals surface area (Å²) in [5.41, 5.74) is 0.605. The monoisotopic (exact) mass is 408 g/mol. The number of benzene rings is 2. The van der Waals surface area contributed by atoms with E-state index in [1.54, 1.807) is 6.07 Å². The number of amides is 1. The van der Waals surface area contributed by atoms with Crippen LogP contribution in [-0.4, -0.2) is 38.1 Å². The van der Waals surface area contributed by atoms with E-state index in [0.717, 1.165) is 24.6 Å². The normalized spacial score (nSPS) is 11.6. The van der Waals surface area contributed by atoms with Crippen LogP contribution in [-0.2, 0) is 12.6 Å². The zero-order chi connectivity index (χ0) is 21.6. The largest absolute Gasteiger partial charge is 0.493 e. The van der Waals surface area contributed by atoms with Gasteiger partial charge in [-0.2, -0.15) is 13.2 Å². The van der Waals surface area contributed by atoms with Crippen LogP contribution in [0.3, 0.4) is 0 Å². The summed E-state index contributed by atoms with van der Waals surface area (Å²) in [7, 11) is 3.94. The van der Waals surface area contributed by atoms with Crippen molar-refractivity contribution in [1.29, 1.82) is 0 Å². The number of nitrogens with one attached hydrogen (secondary N) is 1. The molecule has 2 rings (SSSR count). The second-order valence-corrected chi connectivity index (χ2v) is 7.11. The van der Waals surface area contributed by atoms with Gasteiger partial charge in [-0.3, -0.25) is 4.79 Å². The maximum Gasteiger partial charge on any atom is 0.416 e. The molecule has 1 amide bonds. The first-order chi connectivity index (χ1) is 13.6. The summed E-state index contributed by atoms with van der Waals surface area (Å²) in [6.07, 6.45) is -2.99. The van der Waals surface area contributed by atoms with Crippen molar-refractivity contribution in [3.63, 3.8) is 0 Å². The molecular weight excluding hydrogens is 381 g/mol. The molecule has 0 fully saturated rings. The Bertz CT molecular complexity index is 848. The fourth-order valence-corrected chi connectivity index (χ4v) is 3.10. The average molecular weight is 408 g/mol. The van der Waals surface area contributed by atoms with E-state index in [4.69, 9.17) is 4.74 Å². The Hall–Kier alpha value is -2.54. The van der Waals surface area contributed by atoms with Crippen molar-refractivity contribution in [3.05, 3.63) is 58.7 Å². The molecule has 158 valence electrons. The number of rotatable bonds is 8. The van der Waals surface area contributed by atoms with E-state index in [2.05, 4.69) is 10.2 Å². The average Bonchev–Trinajstić information content (AvgIpc) is 2.62. The number of alkyl halides is 3. The molecular formula is C22H27F3N2O2. The molecule has 0 spiro atoms. The van der Waals surface area contributed by atoms with Crippen LogP contribution in [0.15, 0.2) is 36.4 Å². The van der Waals surface area contributed by atoms with Gasteiger partial charge in [0, 0.05) is 5.69 Å². The Morgan fingerprint density at radius 1 is 1.17 bits per heavy atom. The molecule has 0 aliphatic carbocycles. The van der Waals surface area contributed by atoms with Crippen LogP contribution < -0.4 is 10.1 Å². The minimum Gasteiger partial charge on any atom is -0.493 e. The first kappa shape index (κ1) is 22.7. The Morgan fingerprint density at radius 3 is 2.52 bits per heavy atom. The molecule has 0 saturated heterocycles. The van der Waals surface area contributed by atoms with E-state index in [1.165, 1.54) is 19.1 Å². The molecule has 2 aromatic carbocycles. The first-order valence-corrected chi connectivity index (χ1v) is 9.52. The Kier molecular flexibility index (Phi) is 7.67. The molecule has 0 unspecified atom stereocenters. The number of carbonyl (C=O) groups excluding carboxylic acids is 1. The van der Waals surface area contributed by atoms with E-state index in [-0.39, 0.29) is 11.3 Å². The van der Waals surface area contributed by atoms with Gasteiger partial charge in [-0.1, -0.05) is 18.2 Å². The summed E-state index contributed by atoms with van der Waals surface area (Å²) in [5.74, 6) is -0.0543. The van der Waals surface area contributed by atoms with Crippen LogP contribution in [0.5, 0.6) is 5.75 Å². The van der Waals surface area contributed by atoms with Gasteiger partial charge in [0.05, 0.1) is 17.7 Å². The molecule has 0 saturated carbocycles. The van der Waals surface area contributed by atoms with Gasteiger partial charge >= 0.3 is 6.18 Å². The number of ether oxygens (including phenoxy) is 1. The molecule has 0 aromatic heterocycles. The van der Waals surface area contributed by atoms with E-state index in [0.29, 0.717) is 24.3 Å². The number of anilines is 1. The number of hydrogen-bond donors (Lipinski definition) is 1. The standard InChI is InChI=1S/C22H27F3N2O2/c1-5-29-19-10-6-8-16(9-7-13-27(3)4)20(19)21(28)26-17-12-11-15(2)18(14-17)22(23,24)25/h6,8,10-12,14H,5,7,9,13H2,1-4H3,(H,26,28). The lowest BCUT2D eigenvalue weighted by Gasteiger charge is -2.17. The van der Waals surface area contributed by atoms with Crippen LogP contribution in [0.1, 0.15) is 40.4 Å². The van der Waals surface area contributed by atoms with Crippen molar-refractivity contribution in [3.8, 4) is 5.75 Å². The highest BCUT2D eigenvalue weighted by Crippen LogP contribution is 2.34. The van der Waals surface area contributed by atoms with E-state index >= 15 is 0 Å². The van der Waals surface area contributed by atoms with Crippen molar-refractivity contribution in [2.45, 2.75) is 32.9 Å². The highest BCUT2D eigenvalue weighted by molar-refractivity contribution is 6.07. The van der Waals surface area contributed by atoms with Gasteiger partial charge in [-0.15, -0.1) is 0 Å². The molecule has 0 bridgehead atoms. The topological polar surface area (TPSA) is 41.6 Å². The number of aryl methyl sites for hydroxylation is 2. The lowest BCUT2D eigenvalue weighted by Crippen LogP contribution is -2.18. The van der Waals surface area contributed by atoms with Gasteiger partial charge in [0.25, 0.3) is 5.91 Å². The van der Waals surface area contributed by atoms with Gasteiger partial charge in [0.2, 0.25) is 0 Å². The Morgan fingerprint density at radius 2 is 1.90 bits per heavy atom. The second kappa shape index (κ2) is 9.78. The number of carbonyl (C=O) groups is 1. The highest BCUT2D eigenvalue weighted by atomic mass is 19.4. The van der Waals surface area contributed by atoms with Gasteiger partial charge in [0.15, 0.2) is 0 Å². The molecule has 2 aromatic rings. The molecule has 0 radical (unpaired) electrons. The van der Waals surface area contributed by atoms with Gasteiger partial charge in [0.1, 0.15) is 5.75 Å². The van der Waals surface area contributed by atoms with Crippen LogP contribution in [0, 0.1) is 6.92 Å². The van der Waals surface area contributed by atoms with E-state index < -0.39 is 17.6 Å². The minimum atomic E-state index is -4.48. The smallest absolute Gasteiger partial charge is 0.416 e. The van der Waals surface area contributed by atoms with Crippen LogP contribution in [0.25, 0.3) is 0 Å². The van der Waals surface area contributed by atoms with E-state index in [1.807, 2.05) is 33.2 Å². The lowest BCUT2D eigenvalue weighted by molar-refractivity contribution is -0.138. The summed E-state index contributed by atoms with van der Waals surface area (Å²) >= 11 is 0. The zero-order valence-corrected chi connectivity index (χ0v) is 17.2. The molecule has 0 aliphatic heterocycles. The summed E-state index contributed by atoms with van der Waals surface area (Å²) in [6, 6.07) is 9.15. The van der Waals surface area contributed by atoms with Gasteiger partial charge in [-0.05, 0) is 76.7 Å². The predicted octanol–water partition coefficient (Wildman–Crippen LogP) is 5.16. The number of nitrogens with zero attached hydrogens (tertiary/aromatic N) is 1. The van der Waals surface area contributed by atoms with E-state index in [9.17, 15) is 18.0 Å². The van der Waals surface area contributed by atoms with Crippen LogP contribution in [0.4, 0.5) is 18.9 Å². The Labute approximate surface area is 169 Å². The summed E-state index contributed by atoms with van der Waals surface area (Å²) in [4.78, 5) is 15.0. The third kappa shape index (κ3) is 6.22. The molecule has 1 N–H and O–H groups in total. The third-order valence-corrected chi connectivity index (χ3v) is 4.49. The summed E-state index contributed by atoms with van der Waals surface area (Å²) in [6.45, 7) is 4.44. The van der Waals surface area contributed by atoms with Crippen molar-refractivity contribution in [1.82, 2.24) is 4.90 Å². The third-order valence-electron chi connectivity index (χ3n) is 4.49. The van der Waals surface area contributed by atoms with Crippen molar-refractivity contribution in [2.75, 3.05) is 32.6 Å². The molecule has 7 heteroatoms. The number of halogens is 3. The zero-order valence-electron chi connectivity index (χ0n) is 17.2. The molecule has 29 heavy (non-hydrogen) atoms. The van der Waals surface area contributed by atoms with Gasteiger partial charge < -0.3 is 15.0 Å². The second-order valence-electron chi connectivity index (χ2n) is 7.11. The Balaban J connectivity index is 2.33. The lowest BCUT2D eigenvalue weighted by atomic mass is 10.0. The quantitative estimate of drug-likeness (QED) is 0.656. The summed E-state index contributed by atoms with van der Waals surface area (Å²) < 4.78 is 45.2. The number of hydrogen-bond acceptors (Lipinski definition) is 3. The predicted molar refractivity (Wildman–Crippen MR) is 109 cm³/mol. The highest BCUT2D eigenvalue weighted by Gasteiger charge is 2.32. The summed E-state index contributed by atoms with van der Waals surface area (Å²) in [5, 5.41) is 2.61.